The normalized spacial score (nSPS) is 12.2. The highest BCUT2D eigenvalue weighted by Gasteiger charge is 2.25. The van der Waals surface area contributed by atoms with Crippen molar-refractivity contribution in [2.75, 3.05) is 0 Å². The molecule has 0 bridgehead atoms. The zero-order chi connectivity index (χ0) is 12.9. The highest BCUT2D eigenvalue weighted by atomic mass is 16.7. The van der Waals surface area contributed by atoms with E-state index in [4.69, 9.17) is 15.8 Å². The van der Waals surface area contributed by atoms with Gasteiger partial charge in [-0.15, -0.1) is 5.48 Å². The van der Waals surface area contributed by atoms with E-state index >= 15 is 0 Å². The van der Waals surface area contributed by atoms with Crippen LogP contribution in [-0.2, 0) is 4.84 Å². The second kappa shape index (κ2) is 5.31. The van der Waals surface area contributed by atoms with Gasteiger partial charge in [0.05, 0.1) is 5.56 Å². The quantitative estimate of drug-likeness (QED) is 0.312. The topological polar surface area (TPSA) is 96.9 Å². The molecule has 92 valence electrons. The van der Waals surface area contributed by atoms with Gasteiger partial charge in [0.25, 0.3) is 0 Å². The van der Waals surface area contributed by atoms with E-state index in [1.165, 1.54) is 0 Å². The summed E-state index contributed by atoms with van der Waals surface area (Å²) in [7, 11) is 0. The first-order valence-corrected chi connectivity index (χ1v) is 4.99. The predicted octanol–water partition coefficient (Wildman–Crippen LogP) is 0.873. The SMILES string of the molecule is CC(C)(NOC(=O)c1ccccc1)/C(N)=N\O. The van der Waals surface area contributed by atoms with E-state index in [9.17, 15) is 4.79 Å². The van der Waals surface area contributed by atoms with Gasteiger partial charge in [-0.1, -0.05) is 23.4 Å². The van der Waals surface area contributed by atoms with Gasteiger partial charge in [-0.25, -0.2) is 4.79 Å². The van der Waals surface area contributed by atoms with Crippen LogP contribution in [0.2, 0.25) is 0 Å². The lowest BCUT2D eigenvalue weighted by molar-refractivity contribution is 0.0115. The molecule has 0 heterocycles. The molecule has 1 aromatic rings. The predicted molar refractivity (Wildman–Crippen MR) is 62.5 cm³/mol. The maximum absolute atomic E-state index is 11.6. The Labute approximate surface area is 99.0 Å². The lowest BCUT2D eigenvalue weighted by Gasteiger charge is -2.23. The largest absolute Gasteiger partial charge is 0.409 e. The molecule has 0 unspecified atom stereocenters. The molecule has 0 saturated heterocycles. The van der Waals surface area contributed by atoms with Crippen LogP contribution in [0.4, 0.5) is 0 Å². The van der Waals surface area contributed by atoms with Crippen LogP contribution >= 0.6 is 0 Å². The van der Waals surface area contributed by atoms with E-state index in [2.05, 4.69) is 10.6 Å². The minimum Gasteiger partial charge on any atom is -0.409 e. The molecule has 1 aromatic carbocycles. The number of amidine groups is 1. The summed E-state index contributed by atoms with van der Waals surface area (Å²) in [5.74, 6) is -0.622. The summed E-state index contributed by atoms with van der Waals surface area (Å²) in [6.07, 6.45) is 0. The number of hydroxylamine groups is 1. The fourth-order valence-corrected chi connectivity index (χ4v) is 0.984. The molecule has 1 rings (SSSR count). The summed E-state index contributed by atoms with van der Waals surface area (Å²) in [5, 5.41) is 11.4. The van der Waals surface area contributed by atoms with Gasteiger partial charge in [0.15, 0.2) is 5.84 Å². The first kappa shape index (κ1) is 13.0. The van der Waals surface area contributed by atoms with Crippen molar-refractivity contribution in [2.45, 2.75) is 19.4 Å². The van der Waals surface area contributed by atoms with Crippen molar-refractivity contribution < 1.29 is 14.8 Å². The smallest absolute Gasteiger partial charge is 0.356 e. The molecule has 6 heteroatoms. The Balaban J connectivity index is 2.61. The average Bonchev–Trinajstić information content (AvgIpc) is 2.36. The zero-order valence-corrected chi connectivity index (χ0v) is 9.68. The second-order valence-corrected chi connectivity index (χ2v) is 3.97. The first-order chi connectivity index (χ1) is 7.97. The summed E-state index contributed by atoms with van der Waals surface area (Å²) in [4.78, 5) is 16.4. The number of oxime groups is 1. The van der Waals surface area contributed by atoms with Gasteiger partial charge < -0.3 is 15.8 Å². The molecule has 0 radical (unpaired) electrons. The molecule has 0 aliphatic carbocycles. The third kappa shape index (κ3) is 3.46. The molecule has 17 heavy (non-hydrogen) atoms. The lowest BCUT2D eigenvalue weighted by atomic mass is 10.1. The van der Waals surface area contributed by atoms with Crippen molar-refractivity contribution in [2.24, 2.45) is 10.9 Å². The molecule has 4 N–H and O–H groups in total. The summed E-state index contributed by atoms with van der Waals surface area (Å²) in [6.45, 7) is 3.22. The van der Waals surface area contributed by atoms with E-state index in [0.717, 1.165) is 0 Å². The van der Waals surface area contributed by atoms with Crippen LogP contribution in [0.3, 0.4) is 0 Å². The molecule has 0 saturated carbocycles. The monoisotopic (exact) mass is 237 g/mol. The Morgan fingerprint density at radius 3 is 2.53 bits per heavy atom. The summed E-state index contributed by atoms with van der Waals surface area (Å²) < 4.78 is 0. The molecule has 0 aliphatic heterocycles. The fourth-order valence-electron chi connectivity index (χ4n) is 0.984. The highest BCUT2D eigenvalue weighted by Crippen LogP contribution is 2.05. The van der Waals surface area contributed by atoms with Gasteiger partial charge in [-0.3, -0.25) is 0 Å². The number of carbonyl (C=O) groups excluding carboxylic acids is 1. The van der Waals surface area contributed by atoms with Gasteiger partial charge in [-0.05, 0) is 26.0 Å². The lowest BCUT2D eigenvalue weighted by Crippen LogP contribution is -2.51. The van der Waals surface area contributed by atoms with Crippen LogP contribution in [0.1, 0.15) is 24.2 Å². The molecule has 0 amide bonds. The maximum Gasteiger partial charge on any atom is 0.356 e. The number of nitrogens with zero attached hydrogens (tertiary/aromatic N) is 1. The van der Waals surface area contributed by atoms with Crippen molar-refractivity contribution in [3.63, 3.8) is 0 Å². The first-order valence-electron chi connectivity index (χ1n) is 4.99. The summed E-state index contributed by atoms with van der Waals surface area (Å²) in [6, 6.07) is 8.50. The number of rotatable bonds is 4. The van der Waals surface area contributed by atoms with Gasteiger partial charge >= 0.3 is 5.97 Å². The van der Waals surface area contributed by atoms with Crippen LogP contribution in [0, 0.1) is 0 Å². The number of nitrogens with two attached hydrogens (primary N) is 1. The molecule has 6 nitrogen and oxygen atoms in total. The van der Waals surface area contributed by atoms with E-state index in [-0.39, 0.29) is 5.84 Å². The molecule has 0 spiro atoms. The number of carbonyl (C=O) groups is 1. The Morgan fingerprint density at radius 1 is 1.41 bits per heavy atom. The standard InChI is InChI=1S/C11H15N3O3/c1-11(2,10(12)13-16)14-17-9(15)8-6-4-3-5-7-8/h3-7,14,16H,1-2H3,(H2,12,13). The third-order valence-electron chi connectivity index (χ3n) is 2.16. The third-order valence-corrected chi connectivity index (χ3v) is 2.16. The number of benzene rings is 1. The highest BCUT2D eigenvalue weighted by molar-refractivity contribution is 5.90. The van der Waals surface area contributed by atoms with Crippen molar-refractivity contribution in [3.8, 4) is 0 Å². The Kier molecular flexibility index (Phi) is 4.06. The minimum atomic E-state index is -0.945. The van der Waals surface area contributed by atoms with Crippen molar-refractivity contribution in [3.05, 3.63) is 35.9 Å². The Bertz CT molecular complexity index is 415. The van der Waals surface area contributed by atoms with Gasteiger partial charge in [0.1, 0.15) is 5.54 Å². The molecule has 0 atom stereocenters. The van der Waals surface area contributed by atoms with E-state index in [1.807, 2.05) is 0 Å². The molecular formula is C11H15N3O3. The van der Waals surface area contributed by atoms with Crippen LogP contribution in [0.5, 0.6) is 0 Å². The second-order valence-electron chi connectivity index (χ2n) is 3.97. The summed E-state index contributed by atoms with van der Waals surface area (Å²) in [5.41, 5.74) is 7.33. The van der Waals surface area contributed by atoms with Gasteiger partial charge in [0, 0.05) is 0 Å². The van der Waals surface area contributed by atoms with Crippen molar-refractivity contribution in [1.29, 1.82) is 0 Å². The van der Waals surface area contributed by atoms with Crippen molar-refractivity contribution >= 4 is 11.8 Å². The Morgan fingerprint density at radius 2 is 2.00 bits per heavy atom. The van der Waals surface area contributed by atoms with Crippen LogP contribution in [0.15, 0.2) is 35.5 Å². The van der Waals surface area contributed by atoms with Crippen LogP contribution < -0.4 is 11.2 Å². The van der Waals surface area contributed by atoms with Crippen LogP contribution in [-0.4, -0.2) is 22.6 Å². The number of hydrogen-bond donors (Lipinski definition) is 3. The molecular weight excluding hydrogens is 222 g/mol. The molecule has 0 fully saturated rings. The minimum absolute atomic E-state index is 0.0849. The van der Waals surface area contributed by atoms with E-state index < -0.39 is 11.5 Å². The number of hydrogen-bond acceptors (Lipinski definition) is 5. The fraction of sp³-hybridized carbons (Fsp3) is 0.273. The zero-order valence-electron chi connectivity index (χ0n) is 9.68. The van der Waals surface area contributed by atoms with E-state index in [0.29, 0.717) is 5.56 Å². The number of nitrogens with one attached hydrogen (secondary N) is 1. The maximum atomic E-state index is 11.6. The van der Waals surface area contributed by atoms with Crippen molar-refractivity contribution in [1.82, 2.24) is 5.48 Å². The summed E-state index contributed by atoms with van der Waals surface area (Å²) >= 11 is 0. The van der Waals surface area contributed by atoms with E-state index in [1.54, 1.807) is 44.2 Å². The average molecular weight is 237 g/mol. The molecule has 0 aliphatic rings. The van der Waals surface area contributed by atoms with Crippen LogP contribution in [0.25, 0.3) is 0 Å². The van der Waals surface area contributed by atoms with Gasteiger partial charge in [-0.2, -0.15) is 0 Å². The molecule has 0 aromatic heterocycles. The Hall–Kier alpha value is -2.08. The van der Waals surface area contributed by atoms with Gasteiger partial charge in [0.2, 0.25) is 0 Å².